The van der Waals surface area contributed by atoms with E-state index in [0.717, 1.165) is 11.1 Å². The zero-order chi connectivity index (χ0) is 16.8. The molecule has 8 heteroatoms. The highest BCUT2D eigenvalue weighted by atomic mass is 35.5. The molecule has 1 aliphatic rings. The zero-order valence-corrected chi connectivity index (χ0v) is 14.1. The van der Waals surface area contributed by atoms with Gasteiger partial charge in [0.05, 0.1) is 16.6 Å². The summed E-state index contributed by atoms with van der Waals surface area (Å²) >= 11 is 5.75. The smallest absolute Gasteiger partial charge is 0.168 e. The van der Waals surface area contributed by atoms with Crippen LogP contribution in [0.2, 0.25) is 0 Å². The molecular formula is C15H17ClFN3O2S. The van der Waals surface area contributed by atoms with Crippen LogP contribution in [0, 0.1) is 0 Å². The van der Waals surface area contributed by atoms with Crippen molar-refractivity contribution in [3.63, 3.8) is 0 Å². The number of thiol groups is 1. The summed E-state index contributed by atoms with van der Waals surface area (Å²) in [5.41, 5.74) is 5.00. The minimum atomic E-state index is -2.74. The fraction of sp³-hybridized carbons (Fsp3) is 0.467. The minimum absolute atomic E-state index is 0.109. The molecule has 0 saturated carbocycles. The maximum absolute atomic E-state index is 14.6. The molecule has 0 bridgehead atoms. The number of aromatic nitrogens is 2. The molecule has 5 nitrogen and oxygen atoms in total. The maximum Gasteiger partial charge on any atom is 0.168 e. The molecule has 0 fully saturated rings. The Hall–Kier alpha value is -1.31. The van der Waals surface area contributed by atoms with Gasteiger partial charge < -0.3 is 5.73 Å². The van der Waals surface area contributed by atoms with Crippen LogP contribution in [0.1, 0.15) is 36.8 Å². The Kier molecular flexibility index (Phi) is 4.29. The molecule has 0 radical (unpaired) electrons. The second kappa shape index (κ2) is 5.96. The van der Waals surface area contributed by atoms with E-state index in [9.17, 15) is 12.8 Å². The molecule has 3 unspecified atom stereocenters. The Morgan fingerprint density at radius 3 is 2.96 bits per heavy atom. The maximum atomic E-state index is 14.6. The lowest BCUT2D eigenvalue weighted by molar-refractivity contribution is 0.156. The molecule has 2 N–H and O–H groups in total. The molecule has 3 atom stereocenters. The minimum Gasteiger partial charge on any atom is -0.313 e. The van der Waals surface area contributed by atoms with Crippen LogP contribution >= 0.6 is 11.6 Å². The van der Waals surface area contributed by atoms with Gasteiger partial charge in [-0.15, -0.1) is 11.6 Å². The summed E-state index contributed by atoms with van der Waals surface area (Å²) in [5.74, 6) is -0.109. The Morgan fingerprint density at radius 2 is 2.30 bits per heavy atom. The summed E-state index contributed by atoms with van der Waals surface area (Å²) in [6.07, 6.45) is 3.01. The molecule has 1 aromatic heterocycles. The fourth-order valence-electron chi connectivity index (χ4n) is 3.30. The van der Waals surface area contributed by atoms with Crippen LogP contribution in [0.15, 0.2) is 23.2 Å². The molecule has 124 valence electrons. The third-order valence-corrected chi connectivity index (χ3v) is 5.71. The summed E-state index contributed by atoms with van der Waals surface area (Å²) < 4.78 is 37.6. The Morgan fingerprint density at radius 1 is 1.57 bits per heavy atom. The second-order valence-corrected chi connectivity index (χ2v) is 7.60. The van der Waals surface area contributed by atoms with Crippen molar-refractivity contribution in [2.75, 3.05) is 0 Å². The summed E-state index contributed by atoms with van der Waals surface area (Å²) in [6, 6.07) is 3.29. The Labute approximate surface area is 140 Å². The lowest BCUT2D eigenvalue weighted by atomic mass is 9.88. The number of rotatable bonds is 4. The zero-order valence-electron chi connectivity index (χ0n) is 12.5. The first-order valence-corrected chi connectivity index (χ1v) is 8.93. The van der Waals surface area contributed by atoms with E-state index in [0.29, 0.717) is 23.7 Å². The number of aryl methyl sites for hydroxylation is 1. The van der Waals surface area contributed by atoms with Gasteiger partial charge in [-0.3, -0.25) is 0 Å². The summed E-state index contributed by atoms with van der Waals surface area (Å²) in [7, 11) is -2.74. The van der Waals surface area contributed by atoms with Gasteiger partial charge in [0, 0.05) is 5.39 Å². The van der Waals surface area contributed by atoms with E-state index in [2.05, 4.69) is 10.2 Å². The van der Waals surface area contributed by atoms with Gasteiger partial charge in [-0.05, 0) is 55.4 Å². The SMILES string of the molecule is CC(F)(CC1CCc2cc([SH](=O)=O)c3ccnnc3c21)C(N)Cl. The number of fused-ring (bicyclic) bond motifs is 3. The number of halogens is 2. The molecule has 1 heterocycles. The van der Waals surface area contributed by atoms with Crippen molar-refractivity contribution in [2.24, 2.45) is 5.73 Å². The van der Waals surface area contributed by atoms with Gasteiger partial charge >= 0.3 is 0 Å². The third-order valence-electron chi connectivity index (χ3n) is 4.50. The standard InChI is InChI=1S/C15H17ClFN3O2S/c1-15(17,14(16)18)7-9-3-2-8-6-11(23(21)22)10-4-5-19-20-13(10)12(8)9/h4-6,9,14,23H,2-3,7,18H2,1H3. The number of nitrogens with zero attached hydrogens (tertiary/aromatic N) is 2. The van der Waals surface area contributed by atoms with Gasteiger partial charge in [-0.2, -0.15) is 10.2 Å². The van der Waals surface area contributed by atoms with Crippen molar-refractivity contribution in [1.82, 2.24) is 10.2 Å². The van der Waals surface area contributed by atoms with Crippen LogP contribution in [0.3, 0.4) is 0 Å². The van der Waals surface area contributed by atoms with Gasteiger partial charge in [0.2, 0.25) is 0 Å². The highest BCUT2D eigenvalue weighted by molar-refractivity contribution is 7.72. The van der Waals surface area contributed by atoms with Crippen LogP contribution < -0.4 is 5.73 Å². The Bertz CT molecular complexity index is 831. The molecule has 0 aliphatic heterocycles. The van der Waals surface area contributed by atoms with Crippen molar-refractivity contribution in [3.8, 4) is 0 Å². The molecule has 1 aromatic carbocycles. The van der Waals surface area contributed by atoms with Crippen molar-refractivity contribution in [1.29, 1.82) is 0 Å². The lowest BCUT2D eigenvalue weighted by Crippen LogP contribution is -2.38. The average Bonchev–Trinajstić information content (AvgIpc) is 2.88. The van der Waals surface area contributed by atoms with Crippen LogP contribution in [-0.4, -0.2) is 29.8 Å². The fourth-order valence-corrected chi connectivity index (χ4v) is 4.02. The van der Waals surface area contributed by atoms with E-state index in [1.54, 1.807) is 12.1 Å². The summed E-state index contributed by atoms with van der Waals surface area (Å²) in [5, 5.41) is 8.51. The third kappa shape index (κ3) is 2.93. The molecule has 3 rings (SSSR count). The van der Waals surface area contributed by atoms with Crippen LogP contribution in [-0.2, 0) is 17.1 Å². The van der Waals surface area contributed by atoms with E-state index in [1.807, 2.05) is 0 Å². The molecule has 0 saturated heterocycles. The normalized spacial score (nSPS) is 21.3. The highest BCUT2D eigenvalue weighted by Crippen LogP contribution is 2.44. The number of alkyl halides is 2. The average molecular weight is 358 g/mol. The lowest BCUT2D eigenvalue weighted by Gasteiger charge is -2.26. The van der Waals surface area contributed by atoms with E-state index >= 15 is 0 Å². The molecule has 2 aromatic rings. The van der Waals surface area contributed by atoms with Gasteiger partial charge in [0.1, 0.15) is 11.2 Å². The molecule has 0 spiro atoms. The van der Waals surface area contributed by atoms with E-state index in [-0.39, 0.29) is 17.2 Å². The number of hydrogen-bond acceptors (Lipinski definition) is 5. The van der Waals surface area contributed by atoms with Crippen molar-refractivity contribution < 1.29 is 12.8 Å². The topological polar surface area (TPSA) is 85.9 Å². The number of benzene rings is 1. The first-order chi connectivity index (χ1) is 10.8. The van der Waals surface area contributed by atoms with Crippen molar-refractivity contribution in [2.45, 2.75) is 48.2 Å². The highest BCUT2D eigenvalue weighted by Gasteiger charge is 2.37. The van der Waals surface area contributed by atoms with Gasteiger partial charge in [-0.25, -0.2) is 12.8 Å². The van der Waals surface area contributed by atoms with E-state index in [1.165, 1.54) is 13.1 Å². The van der Waals surface area contributed by atoms with Crippen molar-refractivity contribution in [3.05, 3.63) is 29.5 Å². The van der Waals surface area contributed by atoms with Crippen LogP contribution in [0.25, 0.3) is 10.9 Å². The summed E-state index contributed by atoms with van der Waals surface area (Å²) in [4.78, 5) is 0.237. The summed E-state index contributed by atoms with van der Waals surface area (Å²) in [6.45, 7) is 1.39. The second-order valence-electron chi connectivity index (χ2n) is 6.14. The van der Waals surface area contributed by atoms with E-state index in [4.69, 9.17) is 17.3 Å². The monoisotopic (exact) mass is 357 g/mol. The molecule has 1 aliphatic carbocycles. The van der Waals surface area contributed by atoms with Crippen molar-refractivity contribution >= 4 is 33.2 Å². The number of nitrogens with two attached hydrogens (primary N) is 1. The largest absolute Gasteiger partial charge is 0.313 e. The van der Waals surface area contributed by atoms with Gasteiger partial charge in [0.15, 0.2) is 10.7 Å². The van der Waals surface area contributed by atoms with Gasteiger partial charge in [-0.1, -0.05) is 0 Å². The molecule has 0 amide bonds. The van der Waals surface area contributed by atoms with Gasteiger partial charge in [0.25, 0.3) is 0 Å². The first-order valence-electron chi connectivity index (χ1n) is 7.31. The number of hydrogen-bond donors (Lipinski definition) is 2. The van der Waals surface area contributed by atoms with Crippen LogP contribution in [0.4, 0.5) is 4.39 Å². The predicted octanol–water partition coefficient (Wildman–Crippen LogP) is 2.27. The Balaban J connectivity index is 2.15. The first kappa shape index (κ1) is 16.5. The van der Waals surface area contributed by atoms with Crippen LogP contribution in [0.5, 0.6) is 0 Å². The molecule has 23 heavy (non-hydrogen) atoms. The predicted molar refractivity (Wildman–Crippen MR) is 87.1 cm³/mol. The van der Waals surface area contributed by atoms with E-state index < -0.39 is 21.9 Å². The molecular weight excluding hydrogens is 341 g/mol. The quantitative estimate of drug-likeness (QED) is 0.498.